The standard InChI is InChI=1S/C13H18N6O3S2/c1-3-18-11(21)9-10(17(2)13(18)22)15-12(24-6-8(20)16-14)19(9)7-4-23-5-7/h7H,3-6,14H2,1-2H3,(H,16,20). The Morgan fingerprint density at radius 1 is 1.46 bits per heavy atom. The highest BCUT2D eigenvalue weighted by Gasteiger charge is 2.29. The van der Waals surface area contributed by atoms with Crippen LogP contribution in [0.2, 0.25) is 0 Å². The van der Waals surface area contributed by atoms with Crippen molar-refractivity contribution in [3.8, 4) is 0 Å². The fourth-order valence-electron chi connectivity index (χ4n) is 2.58. The molecule has 1 amide bonds. The van der Waals surface area contributed by atoms with E-state index in [2.05, 4.69) is 10.4 Å². The maximum Gasteiger partial charge on any atom is 0.332 e. The summed E-state index contributed by atoms with van der Waals surface area (Å²) in [7, 11) is 1.60. The Morgan fingerprint density at radius 3 is 2.71 bits per heavy atom. The van der Waals surface area contributed by atoms with Crippen molar-refractivity contribution in [3.63, 3.8) is 0 Å². The molecule has 1 aliphatic rings. The minimum Gasteiger partial charge on any atom is -0.308 e. The Hall–Kier alpha value is -1.72. The Bertz CT molecular complexity index is 911. The first-order valence-electron chi connectivity index (χ1n) is 7.41. The van der Waals surface area contributed by atoms with Gasteiger partial charge in [0.2, 0.25) is 5.91 Å². The zero-order valence-corrected chi connectivity index (χ0v) is 14.9. The van der Waals surface area contributed by atoms with E-state index in [0.717, 1.165) is 11.5 Å². The number of thioether (sulfide) groups is 2. The molecule has 1 aliphatic heterocycles. The average Bonchev–Trinajstić information content (AvgIpc) is 2.89. The Kier molecular flexibility index (Phi) is 4.74. The Morgan fingerprint density at radius 2 is 2.17 bits per heavy atom. The van der Waals surface area contributed by atoms with Gasteiger partial charge in [-0.1, -0.05) is 11.8 Å². The molecule has 1 saturated heterocycles. The Labute approximate surface area is 145 Å². The van der Waals surface area contributed by atoms with Gasteiger partial charge in [-0.3, -0.25) is 24.1 Å². The van der Waals surface area contributed by atoms with E-state index < -0.39 is 0 Å². The van der Waals surface area contributed by atoms with Crippen molar-refractivity contribution in [3.05, 3.63) is 20.8 Å². The minimum atomic E-state index is -0.390. The molecule has 3 heterocycles. The van der Waals surface area contributed by atoms with Crippen LogP contribution in [0.25, 0.3) is 11.2 Å². The SMILES string of the molecule is CCn1c(=O)c2c(nc(SCC(=O)NN)n2C2CSC2)n(C)c1=O. The molecule has 24 heavy (non-hydrogen) atoms. The molecule has 0 spiro atoms. The molecule has 0 aromatic carbocycles. The van der Waals surface area contributed by atoms with E-state index in [1.54, 1.807) is 25.7 Å². The lowest BCUT2D eigenvalue weighted by atomic mass is 10.3. The van der Waals surface area contributed by atoms with Crippen molar-refractivity contribution in [1.82, 2.24) is 24.1 Å². The molecule has 1 fully saturated rings. The fourth-order valence-corrected chi connectivity index (χ4v) is 4.20. The molecular weight excluding hydrogens is 352 g/mol. The number of hydrogen-bond acceptors (Lipinski definition) is 7. The van der Waals surface area contributed by atoms with Crippen LogP contribution in [-0.4, -0.2) is 41.9 Å². The predicted molar refractivity (Wildman–Crippen MR) is 94.3 cm³/mol. The molecular formula is C13H18N6O3S2. The quantitative estimate of drug-likeness (QED) is 0.309. The zero-order chi connectivity index (χ0) is 17.4. The van der Waals surface area contributed by atoms with Crippen LogP contribution in [0.15, 0.2) is 14.7 Å². The summed E-state index contributed by atoms with van der Waals surface area (Å²) in [4.78, 5) is 41.0. The monoisotopic (exact) mass is 370 g/mol. The molecule has 2 aromatic heterocycles. The van der Waals surface area contributed by atoms with Crippen LogP contribution in [0.1, 0.15) is 13.0 Å². The van der Waals surface area contributed by atoms with Gasteiger partial charge in [0.25, 0.3) is 5.56 Å². The highest BCUT2D eigenvalue weighted by Crippen LogP contribution is 2.35. The maximum atomic E-state index is 12.8. The van der Waals surface area contributed by atoms with Gasteiger partial charge < -0.3 is 4.57 Å². The van der Waals surface area contributed by atoms with Crippen LogP contribution < -0.4 is 22.5 Å². The van der Waals surface area contributed by atoms with Crippen LogP contribution in [0, 0.1) is 0 Å². The van der Waals surface area contributed by atoms with E-state index in [-0.39, 0.29) is 29.0 Å². The molecule has 0 saturated carbocycles. The number of carbonyl (C=O) groups is 1. The molecule has 0 radical (unpaired) electrons. The summed E-state index contributed by atoms with van der Waals surface area (Å²) in [6.07, 6.45) is 0. The van der Waals surface area contributed by atoms with Crippen LogP contribution >= 0.6 is 23.5 Å². The first-order chi connectivity index (χ1) is 11.5. The van der Waals surface area contributed by atoms with Crippen molar-refractivity contribution in [2.75, 3.05) is 17.3 Å². The second-order valence-corrected chi connectivity index (χ2v) is 7.39. The molecule has 0 atom stereocenters. The smallest absolute Gasteiger partial charge is 0.308 e. The second-order valence-electron chi connectivity index (χ2n) is 5.38. The number of aromatic nitrogens is 4. The number of rotatable bonds is 5. The number of amides is 1. The van der Waals surface area contributed by atoms with Crippen LogP contribution in [-0.2, 0) is 18.4 Å². The van der Waals surface area contributed by atoms with Gasteiger partial charge in [0.1, 0.15) is 0 Å². The Balaban J connectivity index is 2.23. The lowest BCUT2D eigenvalue weighted by Crippen LogP contribution is -2.39. The third-order valence-electron chi connectivity index (χ3n) is 3.94. The molecule has 3 rings (SSSR count). The van der Waals surface area contributed by atoms with Gasteiger partial charge in [0.05, 0.1) is 11.8 Å². The summed E-state index contributed by atoms with van der Waals surface area (Å²) < 4.78 is 4.46. The third kappa shape index (κ3) is 2.66. The van der Waals surface area contributed by atoms with Crippen LogP contribution in [0.4, 0.5) is 0 Å². The van der Waals surface area contributed by atoms with E-state index in [1.807, 2.05) is 4.57 Å². The second kappa shape index (κ2) is 6.65. The van der Waals surface area contributed by atoms with E-state index >= 15 is 0 Å². The molecule has 2 aromatic rings. The zero-order valence-electron chi connectivity index (χ0n) is 13.3. The number of carbonyl (C=O) groups excluding carboxylic acids is 1. The summed E-state index contributed by atoms with van der Waals surface area (Å²) in [5.74, 6) is 6.61. The molecule has 0 aliphatic carbocycles. The molecule has 9 nitrogen and oxygen atoms in total. The summed E-state index contributed by atoms with van der Waals surface area (Å²) in [5.41, 5.74) is 2.11. The van der Waals surface area contributed by atoms with Gasteiger partial charge in [-0.25, -0.2) is 15.6 Å². The van der Waals surface area contributed by atoms with Gasteiger partial charge >= 0.3 is 5.69 Å². The first kappa shape index (κ1) is 17.1. The highest BCUT2D eigenvalue weighted by molar-refractivity contribution is 8.00. The van der Waals surface area contributed by atoms with Gasteiger partial charge in [-0.05, 0) is 6.92 Å². The molecule has 3 N–H and O–H groups in total. The van der Waals surface area contributed by atoms with Gasteiger partial charge in [-0.15, -0.1) is 0 Å². The molecule has 11 heteroatoms. The van der Waals surface area contributed by atoms with Crippen molar-refractivity contribution in [1.29, 1.82) is 0 Å². The molecule has 130 valence electrons. The average molecular weight is 370 g/mol. The summed E-state index contributed by atoms with van der Waals surface area (Å²) in [5, 5.41) is 0.555. The van der Waals surface area contributed by atoms with Crippen molar-refractivity contribution < 1.29 is 4.79 Å². The van der Waals surface area contributed by atoms with E-state index in [0.29, 0.717) is 22.9 Å². The number of imidazole rings is 1. The number of nitrogens with zero attached hydrogens (tertiary/aromatic N) is 4. The lowest BCUT2D eigenvalue weighted by Gasteiger charge is -2.28. The highest BCUT2D eigenvalue weighted by atomic mass is 32.2. The fraction of sp³-hybridized carbons (Fsp3) is 0.538. The minimum absolute atomic E-state index is 0.0929. The van der Waals surface area contributed by atoms with Crippen molar-refractivity contribution >= 4 is 40.6 Å². The van der Waals surface area contributed by atoms with E-state index in [4.69, 9.17) is 5.84 Å². The first-order valence-corrected chi connectivity index (χ1v) is 9.55. The van der Waals surface area contributed by atoms with E-state index in [1.165, 1.54) is 20.9 Å². The number of hydrogen-bond donors (Lipinski definition) is 2. The van der Waals surface area contributed by atoms with Gasteiger partial charge in [0.15, 0.2) is 16.3 Å². The molecule has 0 bridgehead atoms. The molecule has 0 unspecified atom stereocenters. The summed E-state index contributed by atoms with van der Waals surface area (Å²) in [6, 6.07) is 0.138. The third-order valence-corrected chi connectivity index (χ3v) is 6.13. The van der Waals surface area contributed by atoms with Crippen molar-refractivity contribution in [2.24, 2.45) is 12.9 Å². The van der Waals surface area contributed by atoms with Crippen LogP contribution in [0.5, 0.6) is 0 Å². The number of nitrogens with one attached hydrogen (secondary N) is 1. The normalized spacial score (nSPS) is 14.8. The predicted octanol–water partition coefficient (Wildman–Crippen LogP) is -0.713. The number of fused-ring (bicyclic) bond motifs is 1. The topological polar surface area (TPSA) is 117 Å². The maximum absolute atomic E-state index is 12.8. The number of nitrogens with two attached hydrogens (primary N) is 1. The van der Waals surface area contributed by atoms with Crippen molar-refractivity contribution in [2.45, 2.75) is 24.7 Å². The van der Waals surface area contributed by atoms with Crippen LogP contribution in [0.3, 0.4) is 0 Å². The summed E-state index contributed by atoms with van der Waals surface area (Å²) in [6.45, 7) is 2.06. The van der Waals surface area contributed by atoms with E-state index in [9.17, 15) is 14.4 Å². The van der Waals surface area contributed by atoms with Gasteiger partial charge in [-0.2, -0.15) is 11.8 Å². The lowest BCUT2D eigenvalue weighted by molar-refractivity contribution is -0.118. The number of hydrazine groups is 1. The number of aryl methyl sites for hydroxylation is 1. The largest absolute Gasteiger partial charge is 0.332 e. The van der Waals surface area contributed by atoms with Gasteiger partial charge in [0, 0.05) is 25.1 Å². The summed E-state index contributed by atoms with van der Waals surface area (Å²) >= 11 is 2.98.